The molecule has 0 saturated carbocycles. The van der Waals surface area contributed by atoms with Gasteiger partial charge in [-0.15, -0.1) is 10.2 Å². The van der Waals surface area contributed by atoms with Crippen molar-refractivity contribution < 1.29 is 4.79 Å². The Bertz CT molecular complexity index is 1030. The number of para-hydroxylation sites is 1. The number of benzene rings is 2. The average molecular weight is 393 g/mol. The summed E-state index contributed by atoms with van der Waals surface area (Å²) in [5.74, 6) is 0.109. The molecule has 1 aliphatic rings. The van der Waals surface area contributed by atoms with Gasteiger partial charge in [-0.2, -0.15) is 0 Å². The predicted octanol–water partition coefficient (Wildman–Crippen LogP) is 4.34. The van der Waals surface area contributed by atoms with Crippen molar-refractivity contribution in [3.8, 4) is 5.69 Å². The molecule has 0 saturated heterocycles. The van der Waals surface area contributed by atoms with Crippen molar-refractivity contribution in [1.29, 1.82) is 0 Å². The second-order valence-electron chi connectivity index (χ2n) is 7.42. The maximum atomic E-state index is 13.3. The SMILES string of the molecule is Cc1ccc(-n2cnnc2SC(C)C(=O)N2c3ccccc3CC2C)c(C)c1. The lowest BCUT2D eigenvalue weighted by Gasteiger charge is -2.25. The zero-order valence-electron chi connectivity index (χ0n) is 16.6. The van der Waals surface area contributed by atoms with Crippen molar-refractivity contribution in [1.82, 2.24) is 14.8 Å². The number of carbonyl (C=O) groups is 1. The van der Waals surface area contributed by atoms with Gasteiger partial charge in [0.25, 0.3) is 0 Å². The Morgan fingerprint density at radius 2 is 1.96 bits per heavy atom. The number of amides is 1. The summed E-state index contributed by atoms with van der Waals surface area (Å²) >= 11 is 1.45. The molecule has 0 spiro atoms. The second-order valence-corrected chi connectivity index (χ2v) is 8.73. The number of aromatic nitrogens is 3. The Kier molecular flexibility index (Phi) is 4.98. The lowest BCUT2D eigenvalue weighted by Crippen LogP contribution is -2.40. The Morgan fingerprint density at radius 3 is 2.75 bits per heavy atom. The van der Waals surface area contributed by atoms with Gasteiger partial charge in [-0.1, -0.05) is 47.7 Å². The summed E-state index contributed by atoms with van der Waals surface area (Å²) in [7, 11) is 0. The van der Waals surface area contributed by atoms with E-state index in [0.29, 0.717) is 0 Å². The molecule has 28 heavy (non-hydrogen) atoms. The molecule has 1 aliphatic heterocycles. The lowest BCUT2D eigenvalue weighted by molar-refractivity contribution is -0.118. The van der Waals surface area contributed by atoms with Gasteiger partial charge < -0.3 is 4.90 Å². The minimum Gasteiger partial charge on any atom is -0.308 e. The minimum absolute atomic E-state index is 0.109. The van der Waals surface area contributed by atoms with E-state index in [-0.39, 0.29) is 17.2 Å². The van der Waals surface area contributed by atoms with Crippen molar-refractivity contribution in [2.24, 2.45) is 0 Å². The molecule has 5 nitrogen and oxygen atoms in total. The molecule has 0 aliphatic carbocycles. The number of aryl methyl sites for hydroxylation is 2. The van der Waals surface area contributed by atoms with Crippen LogP contribution in [0.25, 0.3) is 5.69 Å². The maximum Gasteiger partial charge on any atom is 0.240 e. The first-order valence-electron chi connectivity index (χ1n) is 9.51. The van der Waals surface area contributed by atoms with Gasteiger partial charge in [0, 0.05) is 11.7 Å². The quantitative estimate of drug-likeness (QED) is 0.620. The monoisotopic (exact) mass is 392 g/mol. The molecule has 2 unspecified atom stereocenters. The van der Waals surface area contributed by atoms with Gasteiger partial charge in [-0.05, 0) is 57.4 Å². The molecule has 1 aromatic heterocycles. The van der Waals surface area contributed by atoms with Crippen LogP contribution < -0.4 is 4.90 Å². The lowest BCUT2D eigenvalue weighted by atomic mass is 10.1. The number of rotatable bonds is 4. The van der Waals surface area contributed by atoms with E-state index >= 15 is 0 Å². The summed E-state index contributed by atoms with van der Waals surface area (Å²) in [5.41, 5.74) is 5.68. The third-order valence-electron chi connectivity index (χ3n) is 5.20. The normalized spacial score (nSPS) is 16.9. The topological polar surface area (TPSA) is 51.0 Å². The van der Waals surface area contributed by atoms with Crippen LogP contribution in [-0.4, -0.2) is 32.0 Å². The molecular formula is C22H24N4OS. The number of hydrogen-bond donors (Lipinski definition) is 0. The van der Waals surface area contributed by atoms with E-state index in [1.165, 1.54) is 22.9 Å². The number of nitrogens with zero attached hydrogens (tertiary/aromatic N) is 4. The van der Waals surface area contributed by atoms with E-state index in [9.17, 15) is 4.79 Å². The van der Waals surface area contributed by atoms with Crippen LogP contribution >= 0.6 is 11.8 Å². The van der Waals surface area contributed by atoms with Crippen LogP contribution in [0.15, 0.2) is 53.9 Å². The molecule has 1 amide bonds. The highest BCUT2D eigenvalue weighted by atomic mass is 32.2. The number of thioether (sulfide) groups is 1. The van der Waals surface area contributed by atoms with Gasteiger partial charge in [0.2, 0.25) is 5.91 Å². The highest BCUT2D eigenvalue weighted by Crippen LogP contribution is 2.35. The van der Waals surface area contributed by atoms with E-state index in [4.69, 9.17) is 0 Å². The summed E-state index contributed by atoms with van der Waals surface area (Å²) in [5, 5.41) is 8.83. The summed E-state index contributed by atoms with van der Waals surface area (Å²) in [6.45, 7) is 8.21. The summed E-state index contributed by atoms with van der Waals surface area (Å²) < 4.78 is 1.96. The fourth-order valence-electron chi connectivity index (χ4n) is 3.85. The van der Waals surface area contributed by atoms with Crippen LogP contribution in [0.4, 0.5) is 5.69 Å². The van der Waals surface area contributed by atoms with Crippen molar-refractivity contribution in [3.05, 3.63) is 65.5 Å². The van der Waals surface area contributed by atoms with Crippen LogP contribution in [0, 0.1) is 13.8 Å². The first-order valence-corrected chi connectivity index (χ1v) is 10.4. The summed E-state index contributed by atoms with van der Waals surface area (Å²) in [6, 6.07) is 14.6. The van der Waals surface area contributed by atoms with Crippen LogP contribution in [0.3, 0.4) is 0 Å². The van der Waals surface area contributed by atoms with Gasteiger partial charge in [0.1, 0.15) is 6.33 Å². The molecule has 2 atom stereocenters. The van der Waals surface area contributed by atoms with Gasteiger partial charge in [-0.3, -0.25) is 9.36 Å². The third-order valence-corrected chi connectivity index (χ3v) is 6.25. The largest absolute Gasteiger partial charge is 0.308 e. The third kappa shape index (κ3) is 3.33. The van der Waals surface area contributed by atoms with Crippen molar-refractivity contribution in [2.45, 2.75) is 50.6 Å². The first kappa shape index (κ1) is 18.7. The van der Waals surface area contributed by atoms with Crippen LogP contribution in [-0.2, 0) is 11.2 Å². The standard InChI is InChI=1S/C22H24N4OS/c1-14-9-10-19(15(2)11-14)25-13-23-24-22(25)28-17(4)21(27)26-16(3)12-18-7-5-6-8-20(18)26/h5-11,13,16-17H,12H2,1-4H3. The van der Waals surface area contributed by atoms with Crippen molar-refractivity contribution in [3.63, 3.8) is 0 Å². The van der Waals surface area contributed by atoms with Gasteiger partial charge in [0.05, 0.1) is 10.9 Å². The Morgan fingerprint density at radius 1 is 1.18 bits per heavy atom. The van der Waals surface area contributed by atoms with E-state index in [0.717, 1.165) is 28.5 Å². The van der Waals surface area contributed by atoms with E-state index < -0.39 is 0 Å². The Labute approximate surface area is 169 Å². The van der Waals surface area contributed by atoms with Gasteiger partial charge in [0.15, 0.2) is 5.16 Å². The van der Waals surface area contributed by atoms with E-state index in [1.807, 2.05) is 34.6 Å². The number of carbonyl (C=O) groups excluding carboxylic acids is 1. The van der Waals surface area contributed by atoms with Crippen LogP contribution in [0.2, 0.25) is 0 Å². The predicted molar refractivity (Wildman–Crippen MR) is 113 cm³/mol. The average Bonchev–Trinajstić information content (AvgIpc) is 3.24. The first-order chi connectivity index (χ1) is 13.5. The molecule has 0 radical (unpaired) electrons. The van der Waals surface area contributed by atoms with Crippen molar-refractivity contribution in [2.75, 3.05) is 4.90 Å². The molecule has 2 heterocycles. The molecule has 0 bridgehead atoms. The van der Waals surface area contributed by atoms with E-state index in [1.54, 1.807) is 6.33 Å². The highest BCUT2D eigenvalue weighted by molar-refractivity contribution is 8.00. The van der Waals surface area contributed by atoms with Gasteiger partial charge in [-0.25, -0.2) is 0 Å². The zero-order valence-corrected chi connectivity index (χ0v) is 17.4. The zero-order chi connectivity index (χ0) is 19.8. The number of hydrogen-bond acceptors (Lipinski definition) is 4. The smallest absolute Gasteiger partial charge is 0.240 e. The molecule has 4 rings (SSSR count). The highest BCUT2D eigenvalue weighted by Gasteiger charge is 2.34. The molecule has 6 heteroatoms. The Balaban J connectivity index is 1.58. The molecule has 0 fully saturated rings. The molecule has 2 aromatic carbocycles. The van der Waals surface area contributed by atoms with Gasteiger partial charge >= 0.3 is 0 Å². The molecular weight excluding hydrogens is 368 g/mol. The van der Waals surface area contributed by atoms with Crippen molar-refractivity contribution >= 4 is 23.4 Å². The fourth-order valence-corrected chi connectivity index (χ4v) is 4.74. The fraction of sp³-hybridized carbons (Fsp3) is 0.318. The minimum atomic E-state index is -0.262. The number of fused-ring (bicyclic) bond motifs is 1. The molecule has 3 aromatic rings. The van der Waals surface area contributed by atoms with Crippen LogP contribution in [0.5, 0.6) is 0 Å². The summed E-state index contributed by atoms with van der Waals surface area (Å²) in [4.78, 5) is 15.2. The molecule has 144 valence electrons. The second kappa shape index (κ2) is 7.43. The Hall–Kier alpha value is -2.60. The van der Waals surface area contributed by atoms with Crippen LogP contribution in [0.1, 0.15) is 30.5 Å². The van der Waals surface area contributed by atoms with E-state index in [2.05, 4.69) is 55.2 Å². The summed E-state index contributed by atoms with van der Waals surface area (Å²) in [6.07, 6.45) is 2.61. The molecule has 0 N–H and O–H groups in total. The maximum absolute atomic E-state index is 13.3. The number of anilines is 1.